The first-order valence-electron chi connectivity index (χ1n) is 6.04. The Hall–Kier alpha value is -1.75. The summed E-state index contributed by atoms with van der Waals surface area (Å²) in [7, 11) is 3.66. The minimum absolute atomic E-state index is 0.0493. The third kappa shape index (κ3) is 2.56. The molecule has 0 fully saturated rings. The highest BCUT2D eigenvalue weighted by Crippen LogP contribution is 2.32. The van der Waals surface area contributed by atoms with Crippen LogP contribution in [0, 0.1) is 0 Å². The molecule has 0 bridgehead atoms. The van der Waals surface area contributed by atoms with Gasteiger partial charge in [0.05, 0.1) is 7.05 Å². The predicted molar refractivity (Wildman–Crippen MR) is 66.7 cm³/mol. The molecule has 2 rings (SSSR count). The van der Waals surface area contributed by atoms with Crippen molar-refractivity contribution in [2.75, 3.05) is 20.9 Å². The Labute approximate surface area is 107 Å². The number of rotatable bonds is 4. The molecule has 1 unspecified atom stereocenters. The van der Waals surface area contributed by atoms with E-state index in [9.17, 15) is 4.79 Å². The maximum Gasteiger partial charge on any atom is 0.277 e. The van der Waals surface area contributed by atoms with E-state index in [0.717, 1.165) is 28.5 Å². The van der Waals surface area contributed by atoms with Crippen LogP contribution in [0.5, 0.6) is 11.5 Å². The van der Waals surface area contributed by atoms with Crippen molar-refractivity contribution >= 4 is 5.91 Å². The van der Waals surface area contributed by atoms with Crippen LogP contribution >= 0.6 is 0 Å². The van der Waals surface area contributed by atoms with E-state index in [1.807, 2.05) is 32.2 Å². The first-order chi connectivity index (χ1) is 8.61. The Kier molecular flexibility index (Phi) is 3.72. The van der Waals surface area contributed by atoms with Crippen LogP contribution in [0.2, 0.25) is 0 Å². The van der Waals surface area contributed by atoms with Gasteiger partial charge in [0.15, 0.2) is 17.5 Å². The summed E-state index contributed by atoms with van der Waals surface area (Å²) in [6.07, 6.45) is 0. The summed E-state index contributed by atoms with van der Waals surface area (Å²) in [5.41, 5.74) is 1.13. The van der Waals surface area contributed by atoms with Crippen molar-refractivity contribution in [1.82, 2.24) is 5.32 Å². The number of fused-ring (bicyclic) bond motifs is 1. The molecule has 0 radical (unpaired) electrons. The van der Waals surface area contributed by atoms with Gasteiger partial charge in [-0.2, -0.15) is 0 Å². The van der Waals surface area contributed by atoms with Crippen LogP contribution < -0.4 is 19.7 Å². The molecule has 0 aliphatic carbocycles. The van der Waals surface area contributed by atoms with Crippen LogP contribution in [-0.2, 0) is 11.3 Å². The van der Waals surface area contributed by atoms with Crippen molar-refractivity contribution in [3.05, 3.63) is 23.8 Å². The Bertz CT molecular complexity index is 448. The molecular formula is C13H19N2O3+. The van der Waals surface area contributed by atoms with Gasteiger partial charge in [0.1, 0.15) is 6.54 Å². The summed E-state index contributed by atoms with van der Waals surface area (Å²) in [6, 6.07) is 5.81. The zero-order chi connectivity index (χ0) is 13.1. The summed E-state index contributed by atoms with van der Waals surface area (Å²) < 4.78 is 10.6. The van der Waals surface area contributed by atoms with E-state index in [-0.39, 0.29) is 18.7 Å². The molecule has 5 heteroatoms. The summed E-state index contributed by atoms with van der Waals surface area (Å²) >= 11 is 0. The Morgan fingerprint density at radius 2 is 2.17 bits per heavy atom. The summed E-state index contributed by atoms with van der Waals surface area (Å²) in [4.78, 5) is 12.7. The van der Waals surface area contributed by atoms with Crippen LogP contribution in [0.15, 0.2) is 18.2 Å². The number of hydrogen-bond acceptors (Lipinski definition) is 3. The second-order valence-corrected chi connectivity index (χ2v) is 4.55. The molecule has 2 N–H and O–H groups in total. The number of nitrogens with one attached hydrogen (secondary N) is 2. The van der Waals surface area contributed by atoms with Crippen LogP contribution in [0.3, 0.4) is 0 Å². The third-order valence-electron chi connectivity index (χ3n) is 3.30. The van der Waals surface area contributed by atoms with E-state index in [1.54, 1.807) is 7.05 Å². The van der Waals surface area contributed by atoms with E-state index >= 15 is 0 Å². The van der Waals surface area contributed by atoms with Crippen LogP contribution in [0.25, 0.3) is 0 Å². The summed E-state index contributed by atoms with van der Waals surface area (Å²) in [6.45, 7) is 2.97. The topological polar surface area (TPSA) is 52.0 Å². The lowest BCUT2D eigenvalue weighted by Gasteiger charge is -2.20. The molecule has 1 aromatic carbocycles. The molecule has 2 atom stereocenters. The van der Waals surface area contributed by atoms with E-state index in [2.05, 4.69) is 5.32 Å². The number of likely N-dealkylation sites (N-methyl/N-ethyl adjacent to an activating group) is 2. The van der Waals surface area contributed by atoms with E-state index < -0.39 is 0 Å². The zero-order valence-electron chi connectivity index (χ0n) is 10.9. The largest absolute Gasteiger partial charge is 0.454 e. The van der Waals surface area contributed by atoms with Gasteiger partial charge in [0.25, 0.3) is 5.91 Å². The molecule has 18 heavy (non-hydrogen) atoms. The van der Waals surface area contributed by atoms with Gasteiger partial charge in [-0.15, -0.1) is 0 Å². The average Bonchev–Trinajstić information content (AvgIpc) is 2.84. The zero-order valence-corrected chi connectivity index (χ0v) is 10.9. The smallest absolute Gasteiger partial charge is 0.277 e. The summed E-state index contributed by atoms with van der Waals surface area (Å²) in [5, 5.41) is 2.67. The van der Waals surface area contributed by atoms with Crippen molar-refractivity contribution in [1.29, 1.82) is 0 Å². The third-order valence-corrected chi connectivity index (χ3v) is 3.30. The second kappa shape index (κ2) is 5.27. The Morgan fingerprint density at radius 1 is 1.44 bits per heavy atom. The number of hydrogen-bond donors (Lipinski definition) is 2. The van der Waals surface area contributed by atoms with Crippen molar-refractivity contribution < 1.29 is 19.2 Å². The molecule has 1 amide bonds. The van der Waals surface area contributed by atoms with Crippen molar-refractivity contribution in [3.63, 3.8) is 0 Å². The van der Waals surface area contributed by atoms with E-state index in [4.69, 9.17) is 9.47 Å². The molecule has 0 spiro atoms. The van der Waals surface area contributed by atoms with Crippen LogP contribution in [0.1, 0.15) is 12.5 Å². The van der Waals surface area contributed by atoms with Crippen LogP contribution in [0.4, 0.5) is 0 Å². The van der Waals surface area contributed by atoms with Crippen molar-refractivity contribution in [3.8, 4) is 11.5 Å². The molecule has 1 aromatic rings. The first-order valence-corrected chi connectivity index (χ1v) is 6.04. The molecule has 1 aliphatic rings. The Balaban J connectivity index is 2.03. The van der Waals surface area contributed by atoms with Gasteiger partial charge in [0.2, 0.25) is 6.79 Å². The predicted octanol–water partition coefficient (Wildman–Crippen LogP) is -0.435. The first kappa shape index (κ1) is 12.7. The quantitative estimate of drug-likeness (QED) is 0.763. The van der Waals surface area contributed by atoms with Gasteiger partial charge in [0, 0.05) is 12.6 Å². The second-order valence-electron chi connectivity index (χ2n) is 4.55. The van der Waals surface area contributed by atoms with Gasteiger partial charge in [-0.1, -0.05) is 0 Å². The highest BCUT2D eigenvalue weighted by Gasteiger charge is 2.21. The standard InChI is InChI=1S/C13H18N2O3/c1-9(13(16)14-2)15(3)7-10-4-5-11-12(6-10)18-8-17-11/h4-6,9H,7-8H2,1-3H3,(H,14,16)/p+1/t9-/m1/s1. The van der Waals surface area contributed by atoms with Gasteiger partial charge >= 0.3 is 0 Å². The normalized spacial score (nSPS) is 16.2. The summed E-state index contributed by atoms with van der Waals surface area (Å²) in [5.74, 6) is 1.62. The lowest BCUT2D eigenvalue weighted by Crippen LogP contribution is -3.12. The van der Waals surface area contributed by atoms with Crippen molar-refractivity contribution in [2.45, 2.75) is 19.5 Å². The van der Waals surface area contributed by atoms with Crippen molar-refractivity contribution in [2.24, 2.45) is 0 Å². The Morgan fingerprint density at radius 3 is 2.89 bits per heavy atom. The molecule has 98 valence electrons. The average molecular weight is 251 g/mol. The lowest BCUT2D eigenvalue weighted by atomic mass is 10.1. The number of ether oxygens (including phenoxy) is 2. The van der Waals surface area contributed by atoms with Gasteiger partial charge in [-0.3, -0.25) is 4.79 Å². The fourth-order valence-corrected chi connectivity index (χ4v) is 1.97. The monoisotopic (exact) mass is 251 g/mol. The SMILES string of the molecule is CNC(=O)[C@@H](C)[NH+](C)Cc1ccc2c(c1)OCO2. The van der Waals surface area contributed by atoms with E-state index in [0.29, 0.717) is 0 Å². The number of quaternary nitrogens is 1. The number of amides is 1. The molecule has 5 nitrogen and oxygen atoms in total. The fourth-order valence-electron chi connectivity index (χ4n) is 1.97. The molecule has 0 saturated heterocycles. The van der Waals surface area contributed by atoms with Gasteiger partial charge < -0.3 is 19.7 Å². The molecule has 0 saturated carbocycles. The molecule has 1 heterocycles. The van der Waals surface area contributed by atoms with Gasteiger partial charge in [-0.25, -0.2) is 0 Å². The number of carbonyl (C=O) groups excluding carboxylic acids is 1. The molecule has 1 aliphatic heterocycles. The molecule has 0 aromatic heterocycles. The maximum absolute atomic E-state index is 11.6. The number of carbonyl (C=O) groups is 1. The maximum atomic E-state index is 11.6. The highest BCUT2D eigenvalue weighted by atomic mass is 16.7. The molecular weight excluding hydrogens is 232 g/mol. The highest BCUT2D eigenvalue weighted by molar-refractivity contribution is 5.79. The fraction of sp³-hybridized carbons (Fsp3) is 0.462. The van der Waals surface area contributed by atoms with Crippen LogP contribution in [-0.4, -0.2) is 32.8 Å². The lowest BCUT2D eigenvalue weighted by molar-refractivity contribution is -0.908. The number of benzene rings is 1. The minimum Gasteiger partial charge on any atom is -0.454 e. The van der Waals surface area contributed by atoms with Gasteiger partial charge in [-0.05, 0) is 25.1 Å². The van der Waals surface area contributed by atoms with E-state index in [1.165, 1.54) is 0 Å². The minimum atomic E-state index is -0.0829.